The SMILES string of the molecule is O=C(c1cccc(-n2cccc2)c1)N1CCCC(O)(c2cn[nH]n2)C1. The molecule has 0 spiro atoms. The van der Waals surface area contributed by atoms with E-state index in [0.717, 1.165) is 5.69 Å². The van der Waals surface area contributed by atoms with E-state index in [0.29, 0.717) is 30.6 Å². The first-order valence-corrected chi connectivity index (χ1v) is 8.27. The van der Waals surface area contributed by atoms with Crippen molar-refractivity contribution in [3.8, 4) is 5.69 Å². The van der Waals surface area contributed by atoms with Crippen LogP contribution in [0.3, 0.4) is 0 Å². The molecule has 0 saturated carbocycles. The number of nitrogens with one attached hydrogen (secondary N) is 1. The highest BCUT2D eigenvalue weighted by atomic mass is 16.3. The molecule has 0 aliphatic carbocycles. The Labute approximate surface area is 144 Å². The quantitative estimate of drug-likeness (QED) is 0.762. The van der Waals surface area contributed by atoms with Crippen molar-refractivity contribution in [3.63, 3.8) is 0 Å². The van der Waals surface area contributed by atoms with Crippen molar-refractivity contribution in [2.75, 3.05) is 13.1 Å². The van der Waals surface area contributed by atoms with Gasteiger partial charge in [-0.2, -0.15) is 15.4 Å². The zero-order valence-corrected chi connectivity index (χ0v) is 13.7. The smallest absolute Gasteiger partial charge is 0.254 e. The Balaban J connectivity index is 1.58. The lowest BCUT2D eigenvalue weighted by Crippen LogP contribution is -2.48. The van der Waals surface area contributed by atoms with Crippen molar-refractivity contribution in [3.05, 3.63) is 66.2 Å². The van der Waals surface area contributed by atoms with Gasteiger partial charge in [-0.15, -0.1) is 0 Å². The van der Waals surface area contributed by atoms with Crippen molar-refractivity contribution in [1.29, 1.82) is 0 Å². The maximum atomic E-state index is 12.9. The summed E-state index contributed by atoms with van der Waals surface area (Å²) in [5.74, 6) is -0.0874. The molecule has 0 bridgehead atoms. The predicted molar refractivity (Wildman–Crippen MR) is 91.2 cm³/mol. The zero-order chi connectivity index (χ0) is 17.3. The van der Waals surface area contributed by atoms with E-state index in [1.54, 1.807) is 11.0 Å². The lowest BCUT2D eigenvalue weighted by atomic mass is 9.89. The Morgan fingerprint density at radius 1 is 1.24 bits per heavy atom. The van der Waals surface area contributed by atoms with Gasteiger partial charge in [0.25, 0.3) is 5.91 Å². The van der Waals surface area contributed by atoms with Crippen molar-refractivity contribution in [2.45, 2.75) is 18.4 Å². The Hall–Kier alpha value is -2.93. The number of aromatic amines is 1. The molecule has 1 aliphatic heterocycles. The number of benzene rings is 1. The number of aromatic nitrogens is 4. The number of piperidine rings is 1. The molecule has 3 heterocycles. The molecule has 4 rings (SSSR count). The number of hydrogen-bond acceptors (Lipinski definition) is 4. The van der Waals surface area contributed by atoms with Crippen LogP contribution in [0, 0.1) is 0 Å². The summed E-state index contributed by atoms with van der Waals surface area (Å²) in [4.78, 5) is 14.6. The van der Waals surface area contributed by atoms with E-state index in [1.807, 2.05) is 47.3 Å². The molecular formula is C18H19N5O2. The number of amides is 1. The summed E-state index contributed by atoms with van der Waals surface area (Å²) in [6.45, 7) is 0.832. The number of β-amino-alcohol motifs (C(OH)–C–C–N with tert-alkyl or cyclic N) is 1. The average Bonchev–Trinajstić information content (AvgIpc) is 3.35. The van der Waals surface area contributed by atoms with Gasteiger partial charge in [0, 0.05) is 30.2 Å². The lowest BCUT2D eigenvalue weighted by Gasteiger charge is -2.38. The highest BCUT2D eigenvalue weighted by Crippen LogP contribution is 2.30. The Morgan fingerprint density at radius 2 is 2.08 bits per heavy atom. The van der Waals surface area contributed by atoms with Crippen LogP contribution in [-0.2, 0) is 5.60 Å². The molecule has 1 fully saturated rings. The maximum Gasteiger partial charge on any atom is 0.254 e. The Morgan fingerprint density at radius 3 is 2.84 bits per heavy atom. The van der Waals surface area contributed by atoms with Crippen LogP contribution < -0.4 is 0 Å². The van der Waals surface area contributed by atoms with E-state index in [9.17, 15) is 9.90 Å². The second-order valence-electron chi connectivity index (χ2n) is 6.36. The van der Waals surface area contributed by atoms with Gasteiger partial charge in [0.1, 0.15) is 11.3 Å². The summed E-state index contributed by atoms with van der Waals surface area (Å²) < 4.78 is 1.96. The molecule has 1 unspecified atom stereocenters. The fourth-order valence-corrected chi connectivity index (χ4v) is 3.33. The molecule has 1 saturated heterocycles. The molecule has 1 aliphatic rings. The van der Waals surface area contributed by atoms with Gasteiger partial charge >= 0.3 is 0 Å². The van der Waals surface area contributed by atoms with E-state index >= 15 is 0 Å². The van der Waals surface area contributed by atoms with E-state index in [4.69, 9.17) is 0 Å². The number of hydrogen-bond donors (Lipinski definition) is 2. The summed E-state index contributed by atoms with van der Waals surface area (Å²) in [6, 6.07) is 11.4. The minimum atomic E-state index is -1.15. The van der Waals surface area contributed by atoms with Crippen LogP contribution in [0.2, 0.25) is 0 Å². The van der Waals surface area contributed by atoms with Crippen molar-refractivity contribution >= 4 is 5.91 Å². The maximum absolute atomic E-state index is 12.9. The molecule has 1 amide bonds. The number of rotatable bonds is 3. The van der Waals surface area contributed by atoms with Gasteiger partial charge in [0.05, 0.1) is 12.7 Å². The number of carbonyl (C=O) groups excluding carboxylic acids is 1. The van der Waals surface area contributed by atoms with Gasteiger partial charge in [-0.05, 0) is 43.2 Å². The summed E-state index contributed by atoms with van der Waals surface area (Å²) in [5, 5.41) is 21.2. The summed E-state index contributed by atoms with van der Waals surface area (Å²) in [6.07, 6.45) is 6.67. The molecule has 128 valence electrons. The minimum absolute atomic E-state index is 0.0874. The van der Waals surface area contributed by atoms with Gasteiger partial charge in [-0.1, -0.05) is 6.07 Å². The summed E-state index contributed by atoms with van der Waals surface area (Å²) >= 11 is 0. The average molecular weight is 337 g/mol. The first kappa shape index (κ1) is 15.6. The molecule has 1 atom stereocenters. The summed E-state index contributed by atoms with van der Waals surface area (Å²) in [7, 11) is 0. The van der Waals surface area contributed by atoms with Gasteiger partial charge < -0.3 is 14.6 Å². The third kappa shape index (κ3) is 2.94. The zero-order valence-electron chi connectivity index (χ0n) is 13.7. The molecule has 7 nitrogen and oxygen atoms in total. The Kier molecular flexibility index (Phi) is 3.85. The third-order valence-electron chi connectivity index (χ3n) is 4.65. The molecule has 2 aromatic heterocycles. The van der Waals surface area contributed by atoms with Crippen LogP contribution >= 0.6 is 0 Å². The fourth-order valence-electron chi connectivity index (χ4n) is 3.33. The Bertz CT molecular complexity index is 859. The van der Waals surface area contributed by atoms with Gasteiger partial charge in [0.2, 0.25) is 0 Å². The van der Waals surface area contributed by atoms with Crippen molar-refractivity contribution < 1.29 is 9.90 Å². The van der Waals surface area contributed by atoms with Crippen molar-refractivity contribution in [1.82, 2.24) is 24.9 Å². The van der Waals surface area contributed by atoms with Crippen LogP contribution in [0.25, 0.3) is 5.69 Å². The molecule has 1 aromatic carbocycles. The van der Waals surface area contributed by atoms with Crippen LogP contribution in [0.15, 0.2) is 55.0 Å². The van der Waals surface area contributed by atoms with E-state index in [1.165, 1.54) is 6.20 Å². The highest BCUT2D eigenvalue weighted by molar-refractivity contribution is 5.95. The van der Waals surface area contributed by atoms with E-state index < -0.39 is 5.60 Å². The number of H-pyrrole nitrogens is 1. The number of likely N-dealkylation sites (tertiary alicyclic amines) is 1. The van der Waals surface area contributed by atoms with E-state index in [-0.39, 0.29) is 12.5 Å². The lowest BCUT2D eigenvalue weighted by molar-refractivity contribution is -0.0320. The minimum Gasteiger partial charge on any atom is -0.382 e. The molecule has 7 heteroatoms. The molecule has 25 heavy (non-hydrogen) atoms. The largest absolute Gasteiger partial charge is 0.382 e. The molecule has 0 radical (unpaired) electrons. The molecular weight excluding hydrogens is 318 g/mol. The standard InChI is InChI=1S/C18H19N5O2/c24-17(14-5-3-6-15(11-14)22-8-1-2-9-22)23-10-4-7-18(25,13-23)16-12-19-21-20-16/h1-3,5-6,8-9,11-12,25H,4,7,10,13H2,(H,19,20,21). The van der Waals surface area contributed by atoms with Gasteiger partial charge in [-0.3, -0.25) is 4.79 Å². The first-order valence-electron chi connectivity index (χ1n) is 8.27. The van der Waals surface area contributed by atoms with Gasteiger partial charge in [0.15, 0.2) is 0 Å². The summed E-state index contributed by atoms with van der Waals surface area (Å²) in [5.41, 5.74) is 0.861. The number of nitrogens with zero attached hydrogens (tertiary/aromatic N) is 4. The van der Waals surface area contributed by atoms with Crippen LogP contribution in [0.4, 0.5) is 0 Å². The highest BCUT2D eigenvalue weighted by Gasteiger charge is 2.39. The van der Waals surface area contributed by atoms with Crippen LogP contribution in [-0.4, -0.2) is 49.0 Å². The fraction of sp³-hybridized carbons (Fsp3) is 0.278. The van der Waals surface area contributed by atoms with Crippen LogP contribution in [0.5, 0.6) is 0 Å². The number of carbonyl (C=O) groups is 1. The second-order valence-corrected chi connectivity index (χ2v) is 6.36. The first-order chi connectivity index (χ1) is 12.2. The predicted octanol–water partition coefficient (Wildman–Crippen LogP) is 1.72. The topological polar surface area (TPSA) is 87.0 Å². The molecule has 2 N–H and O–H groups in total. The third-order valence-corrected chi connectivity index (χ3v) is 4.65. The van der Waals surface area contributed by atoms with Gasteiger partial charge in [-0.25, -0.2) is 0 Å². The van der Waals surface area contributed by atoms with E-state index in [2.05, 4.69) is 15.4 Å². The van der Waals surface area contributed by atoms with Crippen LogP contribution in [0.1, 0.15) is 28.9 Å². The molecule has 3 aromatic rings. The monoisotopic (exact) mass is 337 g/mol. The normalized spacial score (nSPS) is 20.6. The number of aliphatic hydroxyl groups is 1. The van der Waals surface area contributed by atoms with Crippen molar-refractivity contribution in [2.24, 2.45) is 0 Å². The second kappa shape index (κ2) is 6.18.